The van der Waals surface area contributed by atoms with Crippen LogP contribution in [0, 0.1) is 13.8 Å². The minimum Gasteiger partial charge on any atom is -0.345 e. The van der Waals surface area contributed by atoms with Crippen LogP contribution in [0.15, 0.2) is 35.7 Å². The van der Waals surface area contributed by atoms with E-state index in [9.17, 15) is 4.79 Å². The topological polar surface area (TPSA) is 59.0 Å². The van der Waals surface area contributed by atoms with Gasteiger partial charge in [0, 0.05) is 42.2 Å². The lowest BCUT2D eigenvalue weighted by Crippen LogP contribution is -2.30. The molecule has 3 heterocycles. The first-order valence-corrected chi connectivity index (χ1v) is 9.84. The number of thioether (sulfide) groups is 1. The molecule has 0 unspecified atom stereocenters. The van der Waals surface area contributed by atoms with Gasteiger partial charge in [-0.25, -0.2) is 9.97 Å². The van der Waals surface area contributed by atoms with Crippen molar-refractivity contribution >= 4 is 39.2 Å². The highest BCUT2D eigenvalue weighted by atomic mass is 32.2. The number of fused-ring (bicyclic) bond motifs is 1. The largest absolute Gasteiger partial charge is 0.345 e. The summed E-state index contributed by atoms with van der Waals surface area (Å²) in [7, 11) is 1.83. The molecule has 3 rings (SSSR count). The summed E-state index contributed by atoms with van der Waals surface area (Å²) in [6.07, 6.45) is 4.11. The molecule has 3 aromatic heterocycles. The van der Waals surface area contributed by atoms with E-state index < -0.39 is 0 Å². The van der Waals surface area contributed by atoms with E-state index in [0.717, 1.165) is 27.4 Å². The number of nitrogens with zero attached hydrogens (tertiary/aromatic N) is 4. The van der Waals surface area contributed by atoms with Crippen molar-refractivity contribution in [3.8, 4) is 0 Å². The van der Waals surface area contributed by atoms with Crippen molar-refractivity contribution in [3.05, 3.63) is 46.9 Å². The zero-order valence-corrected chi connectivity index (χ0v) is 16.2. The Kier molecular flexibility index (Phi) is 5.65. The number of thiophene rings is 1. The molecule has 5 nitrogen and oxygen atoms in total. The third-order valence-corrected chi connectivity index (χ3v) is 6.21. The third-order valence-electron chi connectivity index (χ3n) is 4.12. The molecule has 0 radical (unpaired) electrons. The second-order valence-corrected chi connectivity index (χ2v) is 7.98. The first-order chi connectivity index (χ1) is 12.1. The highest BCUT2D eigenvalue weighted by Gasteiger charge is 2.15. The van der Waals surface area contributed by atoms with Crippen molar-refractivity contribution in [1.29, 1.82) is 0 Å². The number of hydrogen-bond donors (Lipinski definition) is 0. The number of carbonyl (C=O) groups is 1. The predicted octanol–water partition coefficient (Wildman–Crippen LogP) is 3.50. The molecule has 130 valence electrons. The van der Waals surface area contributed by atoms with E-state index in [2.05, 4.69) is 28.8 Å². The highest BCUT2D eigenvalue weighted by molar-refractivity contribution is 8.00. The lowest BCUT2D eigenvalue weighted by Gasteiger charge is -2.16. The molecular weight excluding hydrogens is 352 g/mol. The number of aryl methyl sites for hydroxylation is 2. The van der Waals surface area contributed by atoms with Crippen LogP contribution in [0.5, 0.6) is 0 Å². The lowest BCUT2D eigenvalue weighted by molar-refractivity contribution is -0.127. The van der Waals surface area contributed by atoms with Gasteiger partial charge in [-0.15, -0.1) is 11.3 Å². The molecular formula is C18H20N4OS2. The van der Waals surface area contributed by atoms with Gasteiger partial charge < -0.3 is 4.90 Å². The van der Waals surface area contributed by atoms with Crippen molar-refractivity contribution in [2.45, 2.75) is 25.3 Å². The van der Waals surface area contributed by atoms with Crippen LogP contribution in [0.2, 0.25) is 0 Å². The Bertz CT molecular complexity index is 879. The molecule has 0 aromatic carbocycles. The molecule has 7 heteroatoms. The zero-order valence-electron chi connectivity index (χ0n) is 14.5. The molecule has 0 aliphatic rings. The maximum Gasteiger partial charge on any atom is 0.232 e. The smallest absolute Gasteiger partial charge is 0.232 e. The van der Waals surface area contributed by atoms with Crippen LogP contribution < -0.4 is 0 Å². The second kappa shape index (κ2) is 7.93. The number of aromatic nitrogens is 3. The molecule has 1 amide bonds. The molecule has 0 atom stereocenters. The zero-order chi connectivity index (χ0) is 17.8. The first kappa shape index (κ1) is 17.8. The molecule has 0 N–H and O–H groups in total. The summed E-state index contributed by atoms with van der Waals surface area (Å²) >= 11 is 3.16. The molecule has 0 aliphatic carbocycles. The van der Waals surface area contributed by atoms with Crippen LogP contribution in [-0.2, 0) is 11.2 Å². The first-order valence-electron chi connectivity index (χ1n) is 8.03. The summed E-state index contributed by atoms with van der Waals surface area (Å²) < 4.78 is 0. The van der Waals surface area contributed by atoms with E-state index in [1.54, 1.807) is 28.8 Å². The van der Waals surface area contributed by atoms with Crippen LogP contribution in [-0.4, -0.2) is 45.1 Å². The van der Waals surface area contributed by atoms with Gasteiger partial charge >= 0.3 is 0 Å². The average Bonchev–Trinajstić information content (AvgIpc) is 2.93. The van der Waals surface area contributed by atoms with Crippen molar-refractivity contribution < 1.29 is 4.79 Å². The second-order valence-electron chi connectivity index (χ2n) is 5.82. The van der Waals surface area contributed by atoms with E-state index >= 15 is 0 Å². The van der Waals surface area contributed by atoms with Crippen LogP contribution in [0.4, 0.5) is 0 Å². The predicted molar refractivity (Wildman–Crippen MR) is 103 cm³/mol. The Labute approximate surface area is 155 Å². The standard InChI is InChI=1S/C18H20N4OS2/c1-12-13(2)25-18-16(12)17(20-11-21-18)24-10-15(23)22(3)9-7-14-6-4-5-8-19-14/h4-6,8,11H,7,9-10H2,1-3H3. The van der Waals surface area contributed by atoms with Gasteiger partial charge in [0.2, 0.25) is 5.91 Å². The molecule has 0 aliphatic heterocycles. The maximum atomic E-state index is 12.4. The number of likely N-dealkylation sites (N-methyl/N-ethyl adjacent to an activating group) is 1. The van der Waals surface area contributed by atoms with Gasteiger partial charge in [-0.3, -0.25) is 9.78 Å². The molecule has 0 saturated heterocycles. The van der Waals surface area contributed by atoms with E-state index in [1.807, 2.05) is 25.2 Å². The van der Waals surface area contributed by atoms with Crippen molar-refractivity contribution in [3.63, 3.8) is 0 Å². The SMILES string of the molecule is Cc1sc2ncnc(SCC(=O)N(C)CCc3ccccn3)c2c1C. The highest BCUT2D eigenvalue weighted by Crippen LogP contribution is 2.34. The van der Waals surface area contributed by atoms with Crippen molar-refractivity contribution in [2.24, 2.45) is 0 Å². The fourth-order valence-electron chi connectivity index (χ4n) is 2.45. The number of rotatable bonds is 6. The Hall–Kier alpha value is -1.99. The molecule has 3 aromatic rings. The minimum atomic E-state index is 0.0947. The van der Waals surface area contributed by atoms with E-state index in [1.165, 1.54) is 22.2 Å². The number of hydrogen-bond acceptors (Lipinski definition) is 6. The van der Waals surface area contributed by atoms with E-state index in [-0.39, 0.29) is 5.91 Å². The molecule has 0 fully saturated rings. The van der Waals surface area contributed by atoms with Gasteiger partial charge in [0.1, 0.15) is 16.2 Å². The molecule has 0 saturated carbocycles. The lowest BCUT2D eigenvalue weighted by atomic mass is 10.2. The van der Waals surface area contributed by atoms with Crippen LogP contribution in [0.1, 0.15) is 16.1 Å². The Morgan fingerprint density at radius 1 is 1.24 bits per heavy atom. The summed E-state index contributed by atoms with van der Waals surface area (Å²) in [6.45, 7) is 4.83. The number of carbonyl (C=O) groups excluding carboxylic acids is 1. The van der Waals surface area contributed by atoms with Gasteiger partial charge in [-0.1, -0.05) is 17.8 Å². The Balaban J connectivity index is 1.60. The molecule has 0 bridgehead atoms. The fraction of sp³-hybridized carbons (Fsp3) is 0.333. The summed E-state index contributed by atoms with van der Waals surface area (Å²) in [5, 5.41) is 1.97. The minimum absolute atomic E-state index is 0.0947. The average molecular weight is 373 g/mol. The van der Waals surface area contributed by atoms with Crippen molar-refractivity contribution in [2.75, 3.05) is 19.3 Å². The van der Waals surface area contributed by atoms with Crippen LogP contribution >= 0.6 is 23.1 Å². The van der Waals surface area contributed by atoms with Gasteiger partial charge in [0.25, 0.3) is 0 Å². The fourth-order valence-corrected chi connectivity index (χ4v) is 4.51. The normalized spacial score (nSPS) is 11.0. The monoisotopic (exact) mass is 372 g/mol. The summed E-state index contributed by atoms with van der Waals surface area (Å²) in [5.41, 5.74) is 2.20. The summed E-state index contributed by atoms with van der Waals surface area (Å²) in [4.78, 5) is 29.4. The van der Waals surface area contributed by atoms with Gasteiger partial charge in [-0.05, 0) is 31.5 Å². The van der Waals surface area contributed by atoms with Gasteiger partial charge in [-0.2, -0.15) is 0 Å². The van der Waals surface area contributed by atoms with Gasteiger partial charge in [0.05, 0.1) is 5.75 Å². The Morgan fingerprint density at radius 2 is 2.08 bits per heavy atom. The van der Waals surface area contributed by atoms with Crippen LogP contribution in [0.3, 0.4) is 0 Å². The number of pyridine rings is 1. The van der Waals surface area contributed by atoms with Crippen LogP contribution in [0.25, 0.3) is 10.2 Å². The van der Waals surface area contributed by atoms with Gasteiger partial charge in [0.15, 0.2) is 0 Å². The van der Waals surface area contributed by atoms with E-state index in [0.29, 0.717) is 12.3 Å². The quantitative estimate of drug-likeness (QED) is 0.490. The van der Waals surface area contributed by atoms with E-state index in [4.69, 9.17) is 0 Å². The summed E-state index contributed by atoms with van der Waals surface area (Å²) in [5.74, 6) is 0.469. The number of amides is 1. The third kappa shape index (κ3) is 4.16. The molecule has 25 heavy (non-hydrogen) atoms. The van der Waals surface area contributed by atoms with Crippen molar-refractivity contribution in [1.82, 2.24) is 19.9 Å². The summed E-state index contributed by atoms with van der Waals surface area (Å²) in [6, 6.07) is 5.84. The maximum absolute atomic E-state index is 12.4. The Morgan fingerprint density at radius 3 is 2.84 bits per heavy atom. The molecule has 0 spiro atoms.